The average Bonchev–Trinajstić information content (AvgIpc) is 2.97. The minimum Gasteiger partial charge on any atom is -0.463 e. The molecule has 6 aliphatic carbocycles. The van der Waals surface area contributed by atoms with Gasteiger partial charge in [-0.05, 0) is 37.0 Å². The zero-order valence-electron chi connectivity index (χ0n) is 16.5. The van der Waals surface area contributed by atoms with E-state index < -0.39 is 29.1 Å². The molecule has 3 aliphatic heterocycles. The fraction of sp³-hybridized carbons (Fsp3) is 0.864. The summed E-state index contributed by atoms with van der Waals surface area (Å²) in [4.78, 5) is 14.3. The highest BCUT2D eigenvalue weighted by molar-refractivity contribution is 5.66. The SMILES string of the molecule is C=C1C[C@@]23C[C@H]4[C@@H]5[C@@]6(C)C[C@H](OC(C)=O)C[C@@]57[C@@H]2[C@H](O)[C@@H]1[C@H](O)[C@]3(O)[C@H]7N4C6. The Morgan fingerprint density at radius 2 is 2.00 bits per heavy atom. The molecule has 3 saturated heterocycles. The molecule has 13 atom stereocenters. The van der Waals surface area contributed by atoms with Crippen LogP contribution in [-0.2, 0) is 9.53 Å². The van der Waals surface area contributed by atoms with Gasteiger partial charge in [0.05, 0.1) is 12.2 Å². The van der Waals surface area contributed by atoms with Crippen LogP contribution in [0.4, 0.5) is 0 Å². The normalized spacial score (nSPS) is 69.3. The molecule has 6 saturated carbocycles. The van der Waals surface area contributed by atoms with Crippen LogP contribution in [0, 0.1) is 34.0 Å². The van der Waals surface area contributed by atoms with E-state index in [-0.39, 0.29) is 34.9 Å². The van der Waals surface area contributed by atoms with E-state index in [1.807, 2.05) is 0 Å². The van der Waals surface area contributed by atoms with Crippen LogP contribution in [0.2, 0.25) is 0 Å². The van der Waals surface area contributed by atoms with Gasteiger partial charge >= 0.3 is 5.97 Å². The molecule has 9 fully saturated rings. The molecule has 0 aromatic carbocycles. The Balaban J connectivity index is 1.49. The first-order chi connectivity index (χ1) is 13.1. The summed E-state index contributed by atoms with van der Waals surface area (Å²) in [5.41, 5.74) is -1.07. The van der Waals surface area contributed by atoms with Gasteiger partial charge in [-0.25, -0.2) is 0 Å². The first-order valence-electron chi connectivity index (χ1n) is 10.8. The number of hydrogen-bond acceptors (Lipinski definition) is 6. The summed E-state index contributed by atoms with van der Waals surface area (Å²) in [7, 11) is 0. The molecule has 152 valence electrons. The van der Waals surface area contributed by atoms with Gasteiger partial charge in [0.15, 0.2) is 0 Å². The lowest BCUT2D eigenvalue weighted by Gasteiger charge is -2.67. The maximum atomic E-state index is 12.2. The molecule has 9 aliphatic rings. The molecule has 6 heteroatoms. The Morgan fingerprint density at radius 3 is 2.71 bits per heavy atom. The van der Waals surface area contributed by atoms with Gasteiger partial charge in [0.25, 0.3) is 0 Å². The molecule has 0 amide bonds. The Morgan fingerprint density at radius 1 is 1.25 bits per heavy atom. The van der Waals surface area contributed by atoms with E-state index in [9.17, 15) is 20.1 Å². The Bertz CT molecular complexity index is 860. The largest absolute Gasteiger partial charge is 0.463 e. The standard InChI is InChI=1S/C22H29NO5/c1-9-4-20-7-12-15-19(3)5-11(28-10(2)24)6-21(15)16(20)14(25)13(9)17(26)22(20,27)18(21)23(12)8-19/h11-18,25-27H,1,4-8H2,2-3H3/t11-,12-,13+,14+,15+,16+,17-,18-,19-,20+,21-,22-/m0/s1. The monoisotopic (exact) mass is 387 g/mol. The van der Waals surface area contributed by atoms with Gasteiger partial charge in [-0.15, -0.1) is 0 Å². The molecule has 28 heavy (non-hydrogen) atoms. The summed E-state index contributed by atoms with van der Waals surface area (Å²) >= 11 is 0. The number of esters is 1. The first-order valence-corrected chi connectivity index (χ1v) is 10.8. The number of aliphatic hydroxyl groups is 3. The molecule has 2 spiro atoms. The quantitative estimate of drug-likeness (QED) is 0.447. The molecule has 3 heterocycles. The van der Waals surface area contributed by atoms with Crippen LogP contribution in [0.1, 0.15) is 39.5 Å². The number of carbonyl (C=O) groups excluding carboxylic acids is 1. The van der Waals surface area contributed by atoms with Gasteiger partial charge < -0.3 is 20.1 Å². The van der Waals surface area contributed by atoms with Gasteiger partial charge in [-0.2, -0.15) is 0 Å². The van der Waals surface area contributed by atoms with Crippen LogP contribution in [0.15, 0.2) is 12.2 Å². The van der Waals surface area contributed by atoms with Crippen LogP contribution in [0.5, 0.6) is 0 Å². The summed E-state index contributed by atoms with van der Waals surface area (Å²) in [6.07, 6.45) is 1.27. The zero-order chi connectivity index (χ0) is 19.6. The minimum absolute atomic E-state index is 0.0237. The summed E-state index contributed by atoms with van der Waals surface area (Å²) in [6, 6.07) is 0.245. The van der Waals surface area contributed by atoms with Crippen molar-refractivity contribution in [2.75, 3.05) is 6.54 Å². The van der Waals surface area contributed by atoms with Gasteiger partial charge in [0.2, 0.25) is 0 Å². The number of ether oxygens (including phenoxy) is 1. The van der Waals surface area contributed by atoms with Crippen molar-refractivity contribution in [3.8, 4) is 0 Å². The Kier molecular flexibility index (Phi) is 2.55. The fourth-order valence-corrected chi connectivity index (χ4v) is 11.0. The van der Waals surface area contributed by atoms with Crippen molar-refractivity contribution < 1.29 is 24.9 Å². The predicted octanol–water partition coefficient (Wildman–Crippen LogP) is 0.450. The van der Waals surface area contributed by atoms with E-state index in [4.69, 9.17) is 4.74 Å². The topological polar surface area (TPSA) is 90.2 Å². The van der Waals surface area contributed by atoms with Crippen molar-refractivity contribution in [3.63, 3.8) is 0 Å². The number of hydrogen-bond donors (Lipinski definition) is 3. The molecular formula is C22H29NO5. The summed E-state index contributed by atoms with van der Waals surface area (Å²) in [5.74, 6) is -0.379. The van der Waals surface area contributed by atoms with E-state index in [1.54, 1.807) is 0 Å². The van der Waals surface area contributed by atoms with E-state index >= 15 is 0 Å². The number of piperidine rings is 2. The van der Waals surface area contributed by atoms with Gasteiger partial charge in [-0.1, -0.05) is 19.1 Å². The van der Waals surface area contributed by atoms with Gasteiger partial charge in [0.1, 0.15) is 11.7 Å². The summed E-state index contributed by atoms with van der Waals surface area (Å²) in [6.45, 7) is 8.85. The molecule has 0 aromatic rings. The number of nitrogens with zero attached hydrogens (tertiary/aromatic N) is 1. The van der Waals surface area contributed by atoms with E-state index in [1.165, 1.54) is 6.92 Å². The maximum absolute atomic E-state index is 12.2. The number of rotatable bonds is 1. The Hall–Kier alpha value is -0.950. The lowest BCUT2D eigenvalue weighted by molar-refractivity contribution is -0.280. The second-order valence-electron chi connectivity index (χ2n) is 11.5. The third kappa shape index (κ3) is 1.26. The number of carbonyl (C=O) groups is 1. The van der Waals surface area contributed by atoms with Crippen molar-refractivity contribution in [1.29, 1.82) is 0 Å². The van der Waals surface area contributed by atoms with Crippen LogP contribution >= 0.6 is 0 Å². The highest BCUT2D eigenvalue weighted by Gasteiger charge is 2.94. The molecule has 9 bridgehead atoms. The third-order valence-electron chi connectivity index (χ3n) is 10.6. The smallest absolute Gasteiger partial charge is 0.302 e. The lowest BCUT2D eigenvalue weighted by Crippen LogP contribution is -2.76. The minimum atomic E-state index is -1.20. The summed E-state index contributed by atoms with van der Waals surface area (Å²) in [5, 5.41) is 35.1. The van der Waals surface area contributed by atoms with Crippen molar-refractivity contribution >= 4 is 5.97 Å². The maximum Gasteiger partial charge on any atom is 0.302 e. The van der Waals surface area contributed by atoms with Crippen LogP contribution in [0.3, 0.4) is 0 Å². The number of aliphatic hydroxyl groups excluding tert-OH is 2. The van der Waals surface area contributed by atoms with E-state index in [0.717, 1.165) is 25.0 Å². The number of fused-ring (bicyclic) bond motifs is 1. The van der Waals surface area contributed by atoms with E-state index in [2.05, 4.69) is 18.4 Å². The molecule has 3 N–H and O–H groups in total. The molecular weight excluding hydrogens is 358 g/mol. The molecule has 9 rings (SSSR count). The van der Waals surface area contributed by atoms with Crippen molar-refractivity contribution in [2.45, 2.75) is 75.5 Å². The van der Waals surface area contributed by atoms with Crippen molar-refractivity contribution in [3.05, 3.63) is 12.2 Å². The van der Waals surface area contributed by atoms with Gasteiger partial charge in [-0.3, -0.25) is 9.69 Å². The van der Waals surface area contributed by atoms with Gasteiger partial charge in [0, 0.05) is 48.2 Å². The van der Waals surface area contributed by atoms with Crippen molar-refractivity contribution in [1.82, 2.24) is 4.90 Å². The third-order valence-corrected chi connectivity index (χ3v) is 10.6. The lowest BCUT2D eigenvalue weighted by atomic mass is 9.39. The summed E-state index contributed by atoms with van der Waals surface area (Å²) < 4.78 is 5.75. The highest BCUT2D eigenvalue weighted by atomic mass is 16.5. The predicted molar refractivity (Wildman–Crippen MR) is 97.9 cm³/mol. The molecule has 1 unspecified atom stereocenters. The van der Waals surface area contributed by atoms with Crippen LogP contribution < -0.4 is 0 Å². The van der Waals surface area contributed by atoms with Crippen molar-refractivity contribution in [2.24, 2.45) is 34.0 Å². The second kappa shape index (κ2) is 4.25. The molecule has 0 aromatic heterocycles. The zero-order valence-corrected chi connectivity index (χ0v) is 16.5. The highest BCUT2D eigenvalue weighted by Crippen LogP contribution is 2.88. The Labute approximate surface area is 164 Å². The van der Waals surface area contributed by atoms with Crippen LogP contribution in [-0.4, -0.2) is 68.7 Å². The van der Waals surface area contributed by atoms with Crippen LogP contribution in [0.25, 0.3) is 0 Å². The van der Waals surface area contributed by atoms with E-state index in [0.29, 0.717) is 24.8 Å². The average molecular weight is 387 g/mol. The first kappa shape index (κ1) is 16.8. The molecule has 6 nitrogen and oxygen atoms in total. The fourth-order valence-electron chi connectivity index (χ4n) is 11.0. The molecule has 0 radical (unpaired) electrons. The second-order valence-corrected chi connectivity index (χ2v) is 11.5.